The number of halogens is 2. The van der Waals surface area contributed by atoms with Gasteiger partial charge in [-0.05, 0) is 18.2 Å². The average molecular weight is 298 g/mol. The molecule has 1 aromatic carbocycles. The second kappa shape index (κ2) is 4.72. The molecule has 16 heavy (non-hydrogen) atoms. The molecule has 0 saturated heterocycles. The summed E-state index contributed by atoms with van der Waals surface area (Å²) < 4.78 is 0.757. The van der Waals surface area contributed by atoms with Crippen LogP contribution in [0.1, 0.15) is 16.1 Å². The lowest BCUT2D eigenvalue weighted by Crippen LogP contribution is -2.04. The zero-order valence-electron chi connectivity index (χ0n) is 8.02. The van der Waals surface area contributed by atoms with Gasteiger partial charge in [0.2, 0.25) is 5.78 Å². The van der Waals surface area contributed by atoms with E-state index in [1.54, 1.807) is 18.2 Å². The van der Waals surface area contributed by atoms with E-state index in [0.717, 1.165) is 4.47 Å². The van der Waals surface area contributed by atoms with Gasteiger partial charge < -0.3 is 0 Å². The van der Waals surface area contributed by atoms with Gasteiger partial charge in [-0.25, -0.2) is 4.98 Å². The van der Waals surface area contributed by atoms with Crippen LogP contribution in [0.2, 0.25) is 5.02 Å². The predicted molar refractivity (Wildman–Crippen MR) is 64.6 cm³/mol. The van der Waals surface area contributed by atoms with Gasteiger partial charge in [-0.15, -0.1) is 0 Å². The third-order valence-corrected chi connectivity index (χ3v) is 2.60. The highest BCUT2D eigenvalue weighted by atomic mass is 79.9. The molecule has 0 N–H and O–H groups in total. The van der Waals surface area contributed by atoms with Crippen molar-refractivity contribution in [2.24, 2.45) is 0 Å². The fraction of sp³-hybridized carbons (Fsp3) is 0. The second-order valence-electron chi connectivity index (χ2n) is 3.08. The molecule has 0 aliphatic rings. The molecule has 0 bridgehead atoms. The van der Waals surface area contributed by atoms with Crippen LogP contribution in [0.3, 0.4) is 0 Å². The van der Waals surface area contributed by atoms with Crippen LogP contribution in [0, 0.1) is 0 Å². The monoisotopic (exact) mass is 296 g/mol. The van der Waals surface area contributed by atoms with Gasteiger partial charge >= 0.3 is 0 Å². The molecule has 0 aliphatic carbocycles. The number of rotatable bonds is 2. The second-order valence-corrected chi connectivity index (χ2v) is 4.43. The van der Waals surface area contributed by atoms with Crippen LogP contribution in [0.5, 0.6) is 0 Å². The van der Waals surface area contributed by atoms with Crippen molar-refractivity contribution in [1.29, 1.82) is 0 Å². The van der Waals surface area contributed by atoms with Gasteiger partial charge in [0.25, 0.3) is 0 Å². The Bertz CT molecular complexity index is 511. The zero-order valence-corrected chi connectivity index (χ0v) is 10.4. The number of aromatic nitrogens is 2. The first-order valence-electron chi connectivity index (χ1n) is 4.43. The highest BCUT2D eigenvalue weighted by Gasteiger charge is 2.11. The number of benzene rings is 1. The number of carbonyl (C=O) groups excluding carboxylic acids is 1. The Hall–Kier alpha value is -1.26. The van der Waals surface area contributed by atoms with E-state index in [-0.39, 0.29) is 5.78 Å². The molecule has 3 nitrogen and oxygen atoms in total. The minimum Gasteiger partial charge on any atom is -0.287 e. The molecular weight excluding hydrogens is 291 g/mol. The molecule has 0 fully saturated rings. The maximum atomic E-state index is 12.0. The minimum absolute atomic E-state index is 0.198. The van der Waals surface area contributed by atoms with Crippen molar-refractivity contribution in [2.75, 3.05) is 0 Å². The Morgan fingerprint density at radius 2 is 2.06 bits per heavy atom. The molecule has 0 aliphatic heterocycles. The first-order valence-corrected chi connectivity index (χ1v) is 5.61. The lowest BCUT2D eigenvalue weighted by atomic mass is 10.1. The first-order chi connectivity index (χ1) is 7.66. The van der Waals surface area contributed by atoms with Crippen LogP contribution >= 0.6 is 27.5 Å². The molecule has 0 saturated carbocycles. The fourth-order valence-electron chi connectivity index (χ4n) is 1.25. The maximum Gasteiger partial charge on any atom is 0.213 e. The molecule has 1 aromatic heterocycles. The molecule has 0 amide bonds. The molecule has 5 heteroatoms. The summed E-state index contributed by atoms with van der Waals surface area (Å²) in [5, 5.41) is 0.501. The summed E-state index contributed by atoms with van der Waals surface area (Å²) in [6.07, 6.45) is 4.43. The Balaban J connectivity index is 2.42. The Labute approximate surface area is 106 Å². The molecule has 80 valence electrons. The van der Waals surface area contributed by atoms with Crippen LogP contribution in [0.25, 0.3) is 0 Å². The topological polar surface area (TPSA) is 42.9 Å². The quantitative estimate of drug-likeness (QED) is 0.800. The smallest absolute Gasteiger partial charge is 0.213 e. The molecule has 1 heterocycles. The largest absolute Gasteiger partial charge is 0.287 e. The van der Waals surface area contributed by atoms with Gasteiger partial charge in [-0.2, -0.15) is 0 Å². The van der Waals surface area contributed by atoms with Gasteiger partial charge in [0.15, 0.2) is 0 Å². The highest BCUT2D eigenvalue weighted by molar-refractivity contribution is 9.10. The van der Waals surface area contributed by atoms with E-state index in [1.807, 2.05) is 0 Å². The number of carbonyl (C=O) groups is 1. The van der Waals surface area contributed by atoms with Gasteiger partial charge in [0.1, 0.15) is 5.69 Å². The van der Waals surface area contributed by atoms with Crippen molar-refractivity contribution in [3.05, 3.63) is 57.5 Å². The molecule has 0 atom stereocenters. The van der Waals surface area contributed by atoms with E-state index in [4.69, 9.17) is 11.6 Å². The average Bonchev–Trinajstić information content (AvgIpc) is 2.28. The van der Waals surface area contributed by atoms with Crippen molar-refractivity contribution >= 4 is 33.3 Å². The number of hydrogen-bond acceptors (Lipinski definition) is 3. The summed E-state index contributed by atoms with van der Waals surface area (Å²) >= 11 is 9.14. The van der Waals surface area contributed by atoms with E-state index in [1.165, 1.54) is 18.6 Å². The standard InChI is InChI=1S/C11H6BrClN2O/c12-8-3-7(4-9(13)5-8)11(16)10-6-14-1-2-15-10/h1-6H. The van der Waals surface area contributed by atoms with Crippen LogP contribution in [-0.2, 0) is 0 Å². The van der Waals surface area contributed by atoms with E-state index in [9.17, 15) is 4.79 Å². The normalized spacial score (nSPS) is 10.1. The lowest BCUT2D eigenvalue weighted by molar-refractivity contribution is 0.103. The summed E-state index contributed by atoms with van der Waals surface area (Å²) in [4.78, 5) is 19.8. The minimum atomic E-state index is -0.198. The molecule has 0 spiro atoms. The van der Waals surface area contributed by atoms with Crippen molar-refractivity contribution in [1.82, 2.24) is 9.97 Å². The summed E-state index contributed by atoms with van der Waals surface area (Å²) in [6.45, 7) is 0. The van der Waals surface area contributed by atoms with E-state index in [2.05, 4.69) is 25.9 Å². The summed E-state index contributed by atoms with van der Waals surface area (Å²) in [5.74, 6) is -0.198. The Morgan fingerprint density at radius 3 is 2.69 bits per heavy atom. The van der Waals surface area contributed by atoms with Gasteiger partial charge in [0.05, 0.1) is 6.20 Å². The molecular formula is C11H6BrClN2O. The van der Waals surface area contributed by atoms with Crippen molar-refractivity contribution in [2.45, 2.75) is 0 Å². The first kappa shape index (κ1) is 11.2. The third-order valence-electron chi connectivity index (χ3n) is 1.92. The maximum absolute atomic E-state index is 12.0. The fourth-order valence-corrected chi connectivity index (χ4v) is 2.11. The van der Waals surface area contributed by atoms with Gasteiger partial charge in [0, 0.05) is 27.5 Å². The Morgan fingerprint density at radius 1 is 1.25 bits per heavy atom. The van der Waals surface area contributed by atoms with Crippen molar-refractivity contribution in [3.63, 3.8) is 0 Å². The number of ketones is 1. The zero-order chi connectivity index (χ0) is 11.5. The van der Waals surface area contributed by atoms with Crippen molar-refractivity contribution in [3.8, 4) is 0 Å². The third kappa shape index (κ3) is 2.46. The molecule has 0 radical (unpaired) electrons. The van der Waals surface area contributed by atoms with E-state index >= 15 is 0 Å². The summed E-state index contributed by atoms with van der Waals surface area (Å²) in [5.41, 5.74) is 0.788. The van der Waals surface area contributed by atoms with Crippen molar-refractivity contribution < 1.29 is 4.79 Å². The van der Waals surface area contributed by atoms with Gasteiger partial charge in [-0.3, -0.25) is 9.78 Å². The molecule has 2 aromatic rings. The van der Waals surface area contributed by atoms with E-state index in [0.29, 0.717) is 16.3 Å². The molecule has 0 unspecified atom stereocenters. The van der Waals surface area contributed by atoms with Crippen LogP contribution < -0.4 is 0 Å². The lowest BCUT2D eigenvalue weighted by Gasteiger charge is -2.01. The van der Waals surface area contributed by atoms with Crippen LogP contribution in [-0.4, -0.2) is 15.8 Å². The van der Waals surface area contributed by atoms with Gasteiger partial charge in [-0.1, -0.05) is 27.5 Å². The van der Waals surface area contributed by atoms with Crippen LogP contribution in [0.15, 0.2) is 41.3 Å². The predicted octanol–water partition coefficient (Wildman–Crippen LogP) is 3.12. The summed E-state index contributed by atoms with van der Waals surface area (Å²) in [7, 11) is 0. The number of nitrogens with zero attached hydrogens (tertiary/aromatic N) is 2. The van der Waals surface area contributed by atoms with E-state index < -0.39 is 0 Å². The highest BCUT2D eigenvalue weighted by Crippen LogP contribution is 2.20. The number of hydrogen-bond donors (Lipinski definition) is 0. The SMILES string of the molecule is O=C(c1cc(Cl)cc(Br)c1)c1cnccn1. The van der Waals surface area contributed by atoms with Crippen LogP contribution in [0.4, 0.5) is 0 Å². The Kier molecular flexibility index (Phi) is 3.31. The molecule has 2 rings (SSSR count). The summed E-state index contributed by atoms with van der Waals surface area (Å²) in [6, 6.07) is 5.02.